The molecule has 2 atom stereocenters. The molecule has 2 heterocycles. The Hall–Kier alpha value is -1.55. The van der Waals surface area contributed by atoms with E-state index in [0.717, 1.165) is 24.7 Å². The van der Waals surface area contributed by atoms with Gasteiger partial charge in [-0.3, -0.25) is 9.69 Å². The van der Waals surface area contributed by atoms with Crippen LogP contribution in [0.15, 0.2) is 24.3 Å². The van der Waals surface area contributed by atoms with Crippen LogP contribution in [0.25, 0.3) is 0 Å². The van der Waals surface area contributed by atoms with Crippen LogP contribution in [0.2, 0.25) is 0 Å². The van der Waals surface area contributed by atoms with E-state index in [0.29, 0.717) is 17.8 Å². The van der Waals surface area contributed by atoms with Gasteiger partial charge in [0.25, 0.3) is 5.91 Å². The van der Waals surface area contributed by atoms with Crippen molar-refractivity contribution >= 4 is 11.6 Å². The molecule has 2 unspecified atom stereocenters. The van der Waals surface area contributed by atoms with Crippen molar-refractivity contribution in [3.8, 4) is 0 Å². The number of nitrogens with two attached hydrogens (primary N) is 1. The lowest BCUT2D eigenvalue weighted by Crippen LogP contribution is -2.57. The van der Waals surface area contributed by atoms with E-state index in [-0.39, 0.29) is 5.91 Å². The summed E-state index contributed by atoms with van der Waals surface area (Å²) in [5, 5.41) is 0. The average molecular weight is 299 g/mol. The van der Waals surface area contributed by atoms with Crippen LogP contribution in [0.4, 0.5) is 5.69 Å². The van der Waals surface area contributed by atoms with Gasteiger partial charge in [-0.2, -0.15) is 0 Å². The van der Waals surface area contributed by atoms with Crippen LogP contribution in [0, 0.1) is 0 Å². The SMILES string of the molecule is Nc1ccc(C(=O)N2CC3CCC(C2)N3C2CCCC2)cc1. The number of amides is 1. The molecule has 1 aromatic carbocycles. The second-order valence-electron chi connectivity index (χ2n) is 7.10. The number of piperazine rings is 1. The Morgan fingerprint density at radius 2 is 1.50 bits per heavy atom. The lowest BCUT2D eigenvalue weighted by atomic mass is 10.1. The molecule has 4 rings (SSSR count). The molecule has 4 nitrogen and oxygen atoms in total. The normalized spacial score (nSPS) is 29.2. The second-order valence-corrected chi connectivity index (χ2v) is 7.10. The van der Waals surface area contributed by atoms with Crippen LogP contribution in [0.1, 0.15) is 48.9 Å². The Labute approximate surface area is 132 Å². The van der Waals surface area contributed by atoms with Crippen molar-refractivity contribution < 1.29 is 4.79 Å². The first-order valence-electron chi connectivity index (χ1n) is 8.64. The molecule has 3 aliphatic rings. The van der Waals surface area contributed by atoms with E-state index >= 15 is 0 Å². The van der Waals surface area contributed by atoms with Crippen LogP contribution in [-0.2, 0) is 0 Å². The van der Waals surface area contributed by atoms with Gasteiger partial charge in [0.2, 0.25) is 0 Å². The third-order valence-electron chi connectivity index (χ3n) is 5.73. The summed E-state index contributed by atoms with van der Waals surface area (Å²) in [4.78, 5) is 17.6. The standard InChI is InChI=1S/C18H25N3O/c19-14-7-5-13(6-8-14)18(22)20-11-16-9-10-17(12-20)21(16)15-3-1-2-4-15/h5-8,15-17H,1-4,9-12,19H2. The Bertz CT molecular complexity index is 536. The fourth-order valence-corrected chi connectivity index (χ4v) is 4.71. The third kappa shape index (κ3) is 2.39. The summed E-state index contributed by atoms with van der Waals surface area (Å²) < 4.78 is 0. The zero-order valence-corrected chi connectivity index (χ0v) is 13.1. The maximum atomic E-state index is 12.7. The van der Waals surface area contributed by atoms with E-state index in [1.807, 2.05) is 24.3 Å². The number of hydrogen-bond donors (Lipinski definition) is 1. The predicted molar refractivity (Wildman–Crippen MR) is 87.7 cm³/mol. The topological polar surface area (TPSA) is 49.6 Å². The molecule has 0 aromatic heterocycles. The molecular formula is C18H25N3O. The first-order valence-corrected chi connectivity index (χ1v) is 8.64. The van der Waals surface area contributed by atoms with Crippen molar-refractivity contribution in [3.63, 3.8) is 0 Å². The van der Waals surface area contributed by atoms with Gasteiger partial charge < -0.3 is 10.6 Å². The van der Waals surface area contributed by atoms with Gasteiger partial charge in [-0.15, -0.1) is 0 Å². The van der Waals surface area contributed by atoms with Gasteiger partial charge in [-0.25, -0.2) is 0 Å². The van der Waals surface area contributed by atoms with Crippen molar-refractivity contribution in [1.82, 2.24) is 9.80 Å². The molecule has 2 saturated heterocycles. The zero-order chi connectivity index (χ0) is 15.1. The fraction of sp³-hybridized carbons (Fsp3) is 0.611. The minimum absolute atomic E-state index is 0.169. The van der Waals surface area contributed by atoms with E-state index < -0.39 is 0 Å². The summed E-state index contributed by atoms with van der Waals surface area (Å²) in [6.45, 7) is 1.80. The molecule has 2 aliphatic heterocycles. The van der Waals surface area contributed by atoms with Crippen LogP contribution in [0.5, 0.6) is 0 Å². The average Bonchev–Trinajstić information content (AvgIpc) is 3.13. The Morgan fingerprint density at radius 1 is 0.909 bits per heavy atom. The number of anilines is 1. The van der Waals surface area contributed by atoms with Crippen molar-refractivity contribution in [2.75, 3.05) is 18.8 Å². The summed E-state index contributed by atoms with van der Waals surface area (Å²) in [6, 6.07) is 9.28. The molecule has 1 aromatic rings. The van der Waals surface area contributed by atoms with Gasteiger partial charge in [0, 0.05) is 42.5 Å². The molecule has 1 saturated carbocycles. The molecule has 2 bridgehead atoms. The Kier molecular flexibility index (Phi) is 3.57. The number of benzene rings is 1. The first kappa shape index (κ1) is 14.1. The lowest BCUT2D eigenvalue weighted by Gasteiger charge is -2.44. The second kappa shape index (κ2) is 5.58. The van der Waals surface area contributed by atoms with Crippen molar-refractivity contribution in [2.45, 2.75) is 56.7 Å². The van der Waals surface area contributed by atoms with Gasteiger partial charge in [0.15, 0.2) is 0 Å². The van der Waals surface area contributed by atoms with Crippen molar-refractivity contribution in [3.05, 3.63) is 29.8 Å². The summed E-state index contributed by atoms with van der Waals surface area (Å²) in [7, 11) is 0. The van der Waals surface area contributed by atoms with E-state index in [1.165, 1.54) is 38.5 Å². The van der Waals surface area contributed by atoms with Gasteiger partial charge in [-0.1, -0.05) is 12.8 Å². The number of fused-ring (bicyclic) bond motifs is 2. The third-order valence-corrected chi connectivity index (χ3v) is 5.73. The summed E-state index contributed by atoms with van der Waals surface area (Å²) in [6.07, 6.45) is 8.00. The van der Waals surface area contributed by atoms with Gasteiger partial charge in [0.05, 0.1) is 0 Å². The number of carbonyl (C=O) groups excluding carboxylic acids is 1. The molecule has 4 heteroatoms. The smallest absolute Gasteiger partial charge is 0.253 e. The molecule has 0 spiro atoms. The minimum Gasteiger partial charge on any atom is -0.399 e. The number of nitrogens with zero attached hydrogens (tertiary/aromatic N) is 2. The monoisotopic (exact) mass is 299 g/mol. The molecule has 118 valence electrons. The van der Waals surface area contributed by atoms with Crippen molar-refractivity contribution in [2.24, 2.45) is 0 Å². The van der Waals surface area contributed by atoms with E-state index in [2.05, 4.69) is 9.80 Å². The minimum atomic E-state index is 0.169. The summed E-state index contributed by atoms with van der Waals surface area (Å²) in [5.74, 6) is 0.169. The van der Waals surface area contributed by atoms with Crippen LogP contribution in [0.3, 0.4) is 0 Å². The highest BCUT2D eigenvalue weighted by Gasteiger charge is 2.44. The first-order chi connectivity index (χ1) is 10.7. The highest BCUT2D eigenvalue weighted by molar-refractivity contribution is 5.94. The molecule has 0 radical (unpaired) electrons. The maximum absolute atomic E-state index is 12.7. The predicted octanol–water partition coefficient (Wildman–Crippen LogP) is 2.50. The van der Waals surface area contributed by atoms with Crippen LogP contribution in [-0.4, -0.2) is 46.9 Å². The fourth-order valence-electron chi connectivity index (χ4n) is 4.71. The highest BCUT2D eigenvalue weighted by Crippen LogP contribution is 2.37. The quantitative estimate of drug-likeness (QED) is 0.854. The van der Waals surface area contributed by atoms with Gasteiger partial charge in [-0.05, 0) is 49.9 Å². The zero-order valence-electron chi connectivity index (χ0n) is 13.1. The molecule has 22 heavy (non-hydrogen) atoms. The van der Waals surface area contributed by atoms with Crippen LogP contribution < -0.4 is 5.73 Å². The van der Waals surface area contributed by atoms with E-state index in [1.54, 1.807) is 0 Å². The number of hydrogen-bond acceptors (Lipinski definition) is 3. The van der Waals surface area contributed by atoms with Crippen LogP contribution >= 0.6 is 0 Å². The van der Waals surface area contributed by atoms with Gasteiger partial charge >= 0.3 is 0 Å². The molecule has 3 fully saturated rings. The molecule has 1 amide bonds. The van der Waals surface area contributed by atoms with E-state index in [9.17, 15) is 4.79 Å². The van der Waals surface area contributed by atoms with Gasteiger partial charge in [0.1, 0.15) is 0 Å². The number of rotatable bonds is 2. The number of carbonyl (C=O) groups is 1. The lowest BCUT2D eigenvalue weighted by molar-refractivity contribution is 0.0284. The maximum Gasteiger partial charge on any atom is 0.253 e. The highest BCUT2D eigenvalue weighted by atomic mass is 16.2. The van der Waals surface area contributed by atoms with Crippen molar-refractivity contribution in [1.29, 1.82) is 0 Å². The number of nitrogen functional groups attached to an aromatic ring is 1. The summed E-state index contributed by atoms with van der Waals surface area (Å²) in [5.41, 5.74) is 7.19. The Morgan fingerprint density at radius 3 is 2.09 bits per heavy atom. The summed E-state index contributed by atoms with van der Waals surface area (Å²) >= 11 is 0. The largest absolute Gasteiger partial charge is 0.399 e. The molecular weight excluding hydrogens is 274 g/mol. The molecule has 2 N–H and O–H groups in total. The van der Waals surface area contributed by atoms with E-state index in [4.69, 9.17) is 5.73 Å². The number of likely N-dealkylation sites (tertiary alicyclic amines) is 1. The molecule has 1 aliphatic carbocycles. The Balaban J connectivity index is 1.48.